The quantitative estimate of drug-likeness (QED) is 0.427. The van der Waals surface area contributed by atoms with E-state index in [4.69, 9.17) is 0 Å². The summed E-state index contributed by atoms with van der Waals surface area (Å²) >= 11 is 3.43. The van der Waals surface area contributed by atoms with Gasteiger partial charge < -0.3 is 10.6 Å². The highest BCUT2D eigenvalue weighted by Gasteiger charge is 2.04. The smallest absolute Gasteiger partial charge is 0.191 e. The van der Waals surface area contributed by atoms with E-state index in [9.17, 15) is 0 Å². The zero-order valence-corrected chi connectivity index (χ0v) is 16.4. The summed E-state index contributed by atoms with van der Waals surface area (Å²) in [7, 11) is 0. The summed E-state index contributed by atoms with van der Waals surface area (Å²) in [5, 5.41) is 8.75. The van der Waals surface area contributed by atoms with Gasteiger partial charge in [0.2, 0.25) is 0 Å². The van der Waals surface area contributed by atoms with Crippen LogP contribution in [0.25, 0.3) is 0 Å². The van der Waals surface area contributed by atoms with Gasteiger partial charge in [-0.3, -0.25) is 0 Å². The lowest BCUT2D eigenvalue weighted by atomic mass is 10.3. The number of guanidine groups is 1. The fourth-order valence-electron chi connectivity index (χ4n) is 1.72. The van der Waals surface area contributed by atoms with Crippen LogP contribution in [0.3, 0.4) is 0 Å². The van der Waals surface area contributed by atoms with Crippen molar-refractivity contribution in [1.29, 1.82) is 0 Å². The van der Waals surface area contributed by atoms with Gasteiger partial charge in [-0.15, -0.1) is 46.7 Å². The maximum absolute atomic E-state index is 4.63. The molecule has 0 fully saturated rings. The molecule has 2 rings (SSSR count). The van der Waals surface area contributed by atoms with Crippen LogP contribution in [0.5, 0.6) is 0 Å². The van der Waals surface area contributed by atoms with E-state index < -0.39 is 0 Å². The van der Waals surface area contributed by atoms with Crippen LogP contribution in [0.1, 0.15) is 27.9 Å². The molecular formula is C14H21IN4S2. The van der Waals surface area contributed by atoms with Crippen LogP contribution in [0.15, 0.2) is 21.9 Å². The van der Waals surface area contributed by atoms with Crippen molar-refractivity contribution in [2.75, 3.05) is 6.54 Å². The average Bonchev–Trinajstić information content (AvgIpc) is 3.02. The monoisotopic (exact) mass is 436 g/mol. The van der Waals surface area contributed by atoms with Crippen molar-refractivity contribution in [3.63, 3.8) is 0 Å². The molecule has 21 heavy (non-hydrogen) atoms. The normalized spacial score (nSPS) is 11.1. The first-order valence-electron chi connectivity index (χ1n) is 6.64. The van der Waals surface area contributed by atoms with Gasteiger partial charge in [0, 0.05) is 16.3 Å². The molecule has 0 aliphatic carbocycles. The molecule has 0 radical (unpaired) electrons. The molecule has 0 saturated heterocycles. The van der Waals surface area contributed by atoms with Gasteiger partial charge in [0.15, 0.2) is 5.96 Å². The number of halogens is 1. The molecule has 0 aliphatic heterocycles. The standard InChI is InChI=1S/C14H20N4S2.HI/c1-4-15-14(16-7-12-10(2)5-6-19-12)17-8-13-11(3)18-9-20-13;/h5-6,9H,4,7-8H2,1-3H3,(H2,15,16,17);1H. The van der Waals surface area contributed by atoms with E-state index in [1.54, 1.807) is 22.7 Å². The first kappa shape index (κ1) is 18.4. The molecule has 4 nitrogen and oxygen atoms in total. The van der Waals surface area contributed by atoms with Gasteiger partial charge in [0.05, 0.1) is 24.3 Å². The van der Waals surface area contributed by atoms with E-state index in [2.05, 4.69) is 45.9 Å². The Labute approximate surface area is 151 Å². The van der Waals surface area contributed by atoms with Crippen molar-refractivity contribution in [1.82, 2.24) is 15.6 Å². The van der Waals surface area contributed by atoms with Gasteiger partial charge in [0.25, 0.3) is 0 Å². The van der Waals surface area contributed by atoms with Gasteiger partial charge in [-0.05, 0) is 37.8 Å². The number of nitrogens with one attached hydrogen (secondary N) is 2. The summed E-state index contributed by atoms with van der Waals surface area (Å²) in [5.41, 5.74) is 4.28. The van der Waals surface area contributed by atoms with E-state index in [-0.39, 0.29) is 24.0 Å². The molecule has 0 spiro atoms. The maximum Gasteiger partial charge on any atom is 0.191 e. The number of thiophene rings is 1. The minimum absolute atomic E-state index is 0. The van der Waals surface area contributed by atoms with Crippen molar-refractivity contribution in [3.8, 4) is 0 Å². The predicted molar refractivity (Wildman–Crippen MR) is 103 cm³/mol. The number of hydrogen-bond acceptors (Lipinski definition) is 4. The first-order valence-corrected chi connectivity index (χ1v) is 8.40. The van der Waals surface area contributed by atoms with Gasteiger partial charge in [0.1, 0.15) is 0 Å². The van der Waals surface area contributed by atoms with Crippen LogP contribution >= 0.6 is 46.7 Å². The summed E-state index contributed by atoms with van der Waals surface area (Å²) in [6.07, 6.45) is 0. The lowest BCUT2D eigenvalue weighted by Gasteiger charge is -2.10. The second-order valence-corrected chi connectivity index (χ2v) is 6.38. The average molecular weight is 436 g/mol. The van der Waals surface area contributed by atoms with E-state index in [0.717, 1.165) is 31.3 Å². The van der Waals surface area contributed by atoms with Gasteiger partial charge in [-0.25, -0.2) is 9.98 Å². The molecule has 0 unspecified atom stereocenters. The zero-order chi connectivity index (χ0) is 14.4. The van der Waals surface area contributed by atoms with E-state index in [1.807, 2.05) is 12.4 Å². The Morgan fingerprint density at radius 3 is 2.62 bits per heavy atom. The third-order valence-corrected chi connectivity index (χ3v) is 4.90. The second-order valence-electron chi connectivity index (χ2n) is 4.44. The highest BCUT2D eigenvalue weighted by Crippen LogP contribution is 2.16. The zero-order valence-electron chi connectivity index (χ0n) is 12.5. The SMILES string of the molecule is CCNC(=NCc1sccc1C)NCc1scnc1C.I. The van der Waals surface area contributed by atoms with Crippen LogP contribution in [0, 0.1) is 13.8 Å². The lowest BCUT2D eigenvalue weighted by molar-refractivity contribution is 0.820. The fourth-order valence-corrected chi connectivity index (χ4v) is 3.26. The van der Waals surface area contributed by atoms with Crippen molar-refractivity contribution >= 4 is 52.6 Å². The molecule has 0 amide bonds. The number of rotatable bonds is 5. The fraction of sp³-hybridized carbons (Fsp3) is 0.429. The molecule has 2 heterocycles. The number of hydrogen-bond donors (Lipinski definition) is 2. The third-order valence-electron chi connectivity index (χ3n) is 2.95. The second kappa shape index (κ2) is 9.37. The topological polar surface area (TPSA) is 49.3 Å². The summed E-state index contributed by atoms with van der Waals surface area (Å²) < 4.78 is 0. The molecule has 2 aromatic rings. The van der Waals surface area contributed by atoms with Crippen LogP contribution in [0.2, 0.25) is 0 Å². The number of aliphatic imine (C=N–C) groups is 1. The van der Waals surface area contributed by atoms with Gasteiger partial charge >= 0.3 is 0 Å². The largest absolute Gasteiger partial charge is 0.357 e. The minimum atomic E-state index is 0. The Hall–Kier alpha value is -0.670. The number of nitrogens with zero attached hydrogens (tertiary/aromatic N) is 2. The highest BCUT2D eigenvalue weighted by atomic mass is 127. The summed E-state index contributed by atoms with van der Waals surface area (Å²) in [6.45, 7) is 8.59. The molecule has 2 aromatic heterocycles. The van der Waals surface area contributed by atoms with Crippen molar-refractivity contribution < 1.29 is 0 Å². The van der Waals surface area contributed by atoms with Crippen LogP contribution in [-0.2, 0) is 13.1 Å². The number of aryl methyl sites for hydroxylation is 2. The Morgan fingerprint density at radius 1 is 1.24 bits per heavy atom. The number of aromatic nitrogens is 1. The van der Waals surface area contributed by atoms with E-state index >= 15 is 0 Å². The van der Waals surface area contributed by atoms with Crippen molar-refractivity contribution in [3.05, 3.63) is 38.0 Å². The number of thiazole rings is 1. The molecular weight excluding hydrogens is 415 g/mol. The van der Waals surface area contributed by atoms with Crippen LogP contribution < -0.4 is 10.6 Å². The lowest BCUT2D eigenvalue weighted by Crippen LogP contribution is -2.36. The maximum atomic E-state index is 4.63. The molecule has 0 aliphatic rings. The molecule has 0 aromatic carbocycles. The van der Waals surface area contributed by atoms with Crippen molar-refractivity contribution in [2.45, 2.75) is 33.9 Å². The summed E-state index contributed by atoms with van der Waals surface area (Å²) in [5.74, 6) is 0.855. The minimum Gasteiger partial charge on any atom is -0.357 e. The van der Waals surface area contributed by atoms with E-state index in [1.165, 1.54) is 15.3 Å². The van der Waals surface area contributed by atoms with E-state index in [0.29, 0.717) is 0 Å². The molecule has 7 heteroatoms. The predicted octanol–water partition coefficient (Wildman–Crippen LogP) is 3.69. The van der Waals surface area contributed by atoms with Crippen LogP contribution in [-0.4, -0.2) is 17.5 Å². The molecule has 116 valence electrons. The first-order chi connectivity index (χ1) is 9.70. The molecule has 2 N–H and O–H groups in total. The molecule has 0 atom stereocenters. The Kier molecular flexibility index (Phi) is 8.20. The van der Waals surface area contributed by atoms with Gasteiger partial charge in [-0.1, -0.05) is 0 Å². The Bertz CT molecular complexity index is 577. The Balaban J connectivity index is 0.00000220. The summed E-state index contributed by atoms with van der Waals surface area (Å²) in [4.78, 5) is 11.5. The van der Waals surface area contributed by atoms with Crippen LogP contribution in [0.4, 0.5) is 0 Å². The summed E-state index contributed by atoms with van der Waals surface area (Å²) in [6, 6.07) is 2.14. The molecule has 0 bridgehead atoms. The van der Waals surface area contributed by atoms with Crippen molar-refractivity contribution in [2.24, 2.45) is 4.99 Å². The highest BCUT2D eigenvalue weighted by molar-refractivity contribution is 14.0. The molecule has 0 saturated carbocycles. The Morgan fingerprint density at radius 2 is 2.05 bits per heavy atom. The van der Waals surface area contributed by atoms with Gasteiger partial charge in [-0.2, -0.15) is 0 Å². The third kappa shape index (κ3) is 5.55.